The molecule has 0 rings (SSSR count). The first kappa shape index (κ1) is 11.8. The number of thiol groups is 3. The van der Waals surface area contributed by atoms with Crippen LogP contribution < -0.4 is 0 Å². The van der Waals surface area contributed by atoms with Gasteiger partial charge in [0.25, 0.3) is 0 Å². The molecule has 0 amide bonds. The minimum Gasteiger partial charge on any atom is -0.179 e. The van der Waals surface area contributed by atoms with Crippen molar-refractivity contribution in [2.45, 2.75) is 13.3 Å². The fourth-order valence-electron chi connectivity index (χ4n) is 0. The van der Waals surface area contributed by atoms with Crippen molar-refractivity contribution >= 4 is 37.9 Å². The largest absolute Gasteiger partial charge is 0.179 e. The molecule has 0 spiro atoms. The molecule has 0 aliphatic rings. The molecule has 0 saturated carbocycles. The van der Waals surface area contributed by atoms with E-state index in [1.54, 1.807) is 0 Å². The molecule has 0 fully saturated rings. The number of hydrogen-bond donors (Lipinski definition) is 3. The van der Waals surface area contributed by atoms with E-state index in [9.17, 15) is 0 Å². The Kier molecular flexibility index (Phi) is 23.1. The number of rotatable bonds is 2. The zero-order valence-corrected chi connectivity index (χ0v) is 7.85. The molecule has 0 nitrogen and oxygen atoms in total. The molecular weight excluding hydrogens is 156 g/mol. The van der Waals surface area contributed by atoms with Crippen molar-refractivity contribution in [1.29, 1.82) is 0 Å². The van der Waals surface area contributed by atoms with E-state index < -0.39 is 0 Å². The molecule has 0 aliphatic heterocycles. The summed E-state index contributed by atoms with van der Waals surface area (Å²) in [5.74, 6) is 2.77. The van der Waals surface area contributed by atoms with Gasteiger partial charge in [0.05, 0.1) is 0 Å². The molecule has 52 valence electrons. The lowest BCUT2D eigenvalue weighted by atomic mass is 10.6. The van der Waals surface area contributed by atoms with Crippen LogP contribution in [0.15, 0.2) is 0 Å². The molecule has 0 unspecified atom stereocenters. The molecule has 0 aliphatic carbocycles. The normalized spacial score (nSPS) is 7.50. The van der Waals surface area contributed by atoms with Gasteiger partial charge in [-0.3, -0.25) is 0 Å². The fraction of sp³-hybridized carbons (Fsp3) is 1.00. The lowest BCUT2D eigenvalue weighted by Crippen LogP contribution is -1.64. The monoisotopic (exact) mass is 170 g/mol. The molecule has 0 saturated heterocycles. The average Bonchev–Trinajstić information content (AvgIpc) is 1.88. The summed E-state index contributed by atoms with van der Waals surface area (Å²) in [4.78, 5) is 0. The number of hydrogen-bond acceptors (Lipinski definition) is 3. The maximum absolute atomic E-state index is 3.92. The molecule has 0 radical (unpaired) electrons. The highest BCUT2D eigenvalue weighted by atomic mass is 32.1. The van der Waals surface area contributed by atoms with E-state index in [1.807, 2.05) is 0 Å². The van der Waals surface area contributed by atoms with E-state index >= 15 is 0 Å². The van der Waals surface area contributed by atoms with Crippen molar-refractivity contribution < 1.29 is 0 Å². The van der Waals surface area contributed by atoms with Gasteiger partial charge in [-0.1, -0.05) is 6.92 Å². The van der Waals surface area contributed by atoms with Gasteiger partial charge in [0, 0.05) is 0 Å². The summed E-state index contributed by atoms with van der Waals surface area (Å²) in [5.41, 5.74) is 0. The Labute approximate surface area is 68.7 Å². The highest BCUT2D eigenvalue weighted by Crippen LogP contribution is 1.74. The molecule has 0 bridgehead atoms. The summed E-state index contributed by atoms with van der Waals surface area (Å²) >= 11 is 11.6. The predicted octanol–water partition coefficient (Wildman–Crippen LogP) is 2.17. The second kappa shape index (κ2) is 15.7. The smallest absolute Gasteiger partial charge is 0.000932 e. The summed E-state index contributed by atoms with van der Waals surface area (Å²) in [5, 5.41) is 0. The molecule has 0 N–H and O–H groups in total. The highest BCUT2D eigenvalue weighted by molar-refractivity contribution is 7.84. The van der Waals surface area contributed by atoms with Gasteiger partial charge in [0.1, 0.15) is 0 Å². The topological polar surface area (TPSA) is 0 Å². The van der Waals surface area contributed by atoms with Crippen LogP contribution in [0.5, 0.6) is 0 Å². The zero-order chi connectivity index (χ0) is 6.83. The second-order valence-electron chi connectivity index (χ2n) is 1.17. The van der Waals surface area contributed by atoms with Gasteiger partial charge in [-0.15, -0.1) is 0 Å². The zero-order valence-electron chi connectivity index (χ0n) is 5.17. The summed E-state index contributed by atoms with van der Waals surface area (Å²) in [6.07, 6.45) is 1.18. The summed E-state index contributed by atoms with van der Waals surface area (Å²) < 4.78 is 0. The summed E-state index contributed by atoms with van der Waals surface area (Å²) in [7, 11) is 0. The molecule has 0 atom stereocenters. The van der Waals surface area contributed by atoms with Crippen LogP contribution in [0.4, 0.5) is 0 Å². The van der Waals surface area contributed by atoms with Crippen LogP contribution in [0.25, 0.3) is 0 Å². The van der Waals surface area contributed by atoms with Gasteiger partial charge in [-0.2, -0.15) is 37.9 Å². The maximum atomic E-state index is 3.92. The van der Waals surface area contributed by atoms with Crippen LogP contribution in [-0.2, 0) is 0 Å². The van der Waals surface area contributed by atoms with E-state index in [0.29, 0.717) is 0 Å². The van der Waals surface area contributed by atoms with Crippen LogP contribution in [0.3, 0.4) is 0 Å². The van der Waals surface area contributed by atoms with Crippen LogP contribution in [-0.4, -0.2) is 17.3 Å². The lowest BCUT2D eigenvalue weighted by Gasteiger charge is -1.67. The van der Waals surface area contributed by atoms with Crippen molar-refractivity contribution in [1.82, 2.24) is 0 Å². The van der Waals surface area contributed by atoms with Gasteiger partial charge in [0.15, 0.2) is 0 Å². The first-order chi connectivity index (χ1) is 3.83. The van der Waals surface area contributed by atoms with Gasteiger partial charge >= 0.3 is 0 Å². The Balaban J connectivity index is 0. The van der Waals surface area contributed by atoms with E-state index in [1.165, 1.54) is 6.42 Å². The third kappa shape index (κ3) is 27.7. The first-order valence-corrected chi connectivity index (χ1v) is 4.55. The first-order valence-electron chi connectivity index (χ1n) is 2.66. The predicted molar refractivity (Wildman–Crippen MR) is 51.9 cm³/mol. The van der Waals surface area contributed by atoms with Crippen LogP contribution >= 0.6 is 37.9 Å². The molecule has 0 heterocycles. The van der Waals surface area contributed by atoms with Gasteiger partial charge in [-0.05, 0) is 23.7 Å². The molecule has 8 heavy (non-hydrogen) atoms. The highest BCUT2D eigenvalue weighted by Gasteiger charge is 1.57. The molecular formula is C5H14S3. The van der Waals surface area contributed by atoms with Crippen molar-refractivity contribution in [3.8, 4) is 0 Å². The van der Waals surface area contributed by atoms with Crippen LogP contribution in [0.2, 0.25) is 0 Å². The standard InChI is InChI=1S/C3H8S.C2H6S2/c1-2-3-4;3-1-2-4/h4H,2-3H2,1H3;3-4H,1-2H2. The van der Waals surface area contributed by atoms with Crippen molar-refractivity contribution in [2.75, 3.05) is 17.3 Å². The lowest BCUT2D eigenvalue weighted by molar-refractivity contribution is 1.11. The molecule has 3 heteroatoms. The van der Waals surface area contributed by atoms with Crippen molar-refractivity contribution in [3.05, 3.63) is 0 Å². The third-order valence-corrected chi connectivity index (χ3v) is 1.57. The van der Waals surface area contributed by atoms with E-state index in [0.717, 1.165) is 17.3 Å². The minimum atomic E-state index is 0.878. The third-order valence-electron chi connectivity index (χ3n) is 0.324. The van der Waals surface area contributed by atoms with E-state index in [2.05, 4.69) is 44.8 Å². The molecule has 0 aromatic rings. The fourth-order valence-corrected chi connectivity index (χ4v) is 0. The SMILES string of the molecule is CCCS.SCCS. The van der Waals surface area contributed by atoms with Gasteiger partial charge in [-0.25, -0.2) is 0 Å². The quantitative estimate of drug-likeness (QED) is 0.520. The Hall–Kier alpha value is 1.05. The van der Waals surface area contributed by atoms with E-state index in [4.69, 9.17) is 0 Å². The average molecular weight is 170 g/mol. The van der Waals surface area contributed by atoms with Gasteiger partial charge < -0.3 is 0 Å². The van der Waals surface area contributed by atoms with Crippen LogP contribution in [0.1, 0.15) is 13.3 Å². The minimum absolute atomic E-state index is 0.878. The van der Waals surface area contributed by atoms with E-state index in [-0.39, 0.29) is 0 Å². The summed E-state index contributed by atoms with van der Waals surface area (Å²) in [6.45, 7) is 2.10. The molecule has 0 aromatic heterocycles. The summed E-state index contributed by atoms with van der Waals surface area (Å²) in [6, 6.07) is 0. The van der Waals surface area contributed by atoms with Crippen LogP contribution in [0, 0.1) is 0 Å². The maximum Gasteiger partial charge on any atom is -0.000932 e. The Morgan fingerprint density at radius 1 is 0.875 bits per heavy atom. The molecule has 0 aromatic carbocycles. The Bertz CT molecular complexity index is 15.6. The second-order valence-corrected chi connectivity index (χ2v) is 2.51. The van der Waals surface area contributed by atoms with Gasteiger partial charge in [0.2, 0.25) is 0 Å². The van der Waals surface area contributed by atoms with Crippen molar-refractivity contribution in [3.63, 3.8) is 0 Å². The Morgan fingerprint density at radius 3 is 1.12 bits per heavy atom. The Morgan fingerprint density at radius 2 is 1.12 bits per heavy atom. The van der Waals surface area contributed by atoms with Crippen molar-refractivity contribution in [2.24, 2.45) is 0 Å².